The van der Waals surface area contributed by atoms with E-state index in [2.05, 4.69) is 15.0 Å². The van der Waals surface area contributed by atoms with Gasteiger partial charge in [0.15, 0.2) is 0 Å². The molecule has 0 amide bonds. The minimum Gasteiger partial charge on any atom is -0.464 e. The van der Waals surface area contributed by atoms with Crippen LogP contribution in [0.15, 0.2) is 12.3 Å². The topological polar surface area (TPSA) is 54.1 Å². The second-order valence-corrected chi connectivity index (χ2v) is 3.13. The van der Waals surface area contributed by atoms with E-state index in [-0.39, 0.29) is 5.97 Å². The number of carbonyl (C=O) groups excluding carboxylic acids is 1. The Labute approximate surface area is 76.3 Å². The summed E-state index contributed by atoms with van der Waals surface area (Å²) in [4.78, 5) is 14.0. The monoisotopic (exact) mass is 180 g/mol. The number of ether oxygens (including phenoxy) is 1. The zero-order valence-corrected chi connectivity index (χ0v) is 7.46. The second-order valence-electron chi connectivity index (χ2n) is 3.13. The minimum atomic E-state index is -0.314. The molecule has 2 rings (SSSR count). The zero-order valence-electron chi connectivity index (χ0n) is 7.46. The van der Waals surface area contributed by atoms with E-state index < -0.39 is 0 Å². The fourth-order valence-electron chi connectivity index (χ4n) is 1.41. The van der Waals surface area contributed by atoms with E-state index in [9.17, 15) is 4.79 Å². The first-order valence-electron chi connectivity index (χ1n) is 4.31. The van der Waals surface area contributed by atoms with Crippen LogP contribution in [0.3, 0.4) is 0 Å². The first-order chi connectivity index (χ1) is 6.31. The molecule has 4 heteroatoms. The summed E-state index contributed by atoms with van der Waals surface area (Å²) in [5.74, 6) is -0.314. The number of aromatic amines is 1. The molecule has 1 fully saturated rings. The maximum absolute atomic E-state index is 11.1. The zero-order chi connectivity index (χ0) is 9.26. The highest BCUT2D eigenvalue weighted by Gasteiger charge is 2.20. The summed E-state index contributed by atoms with van der Waals surface area (Å²) in [6.45, 7) is 1.06. The fourth-order valence-corrected chi connectivity index (χ4v) is 1.41. The highest BCUT2D eigenvalue weighted by atomic mass is 16.5. The maximum Gasteiger partial charge on any atom is 0.354 e. The van der Waals surface area contributed by atoms with E-state index in [0.717, 1.165) is 18.5 Å². The van der Waals surface area contributed by atoms with Crippen LogP contribution in [0.25, 0.3) is 0 Å². The Kier molecular flexibility index (Phi) is 2.06. The Hall–Kier alpha value is -1.29. The molecule has 0 aliphatic carbocycles. The van der Waals surface area contributed by atoms with Crippen LogP contribution >= 0.6 is 0 Å². The van der Waals surface area contributed by atoms with Crippen LogP contribution < -0.4 is 5.32 Å². The highest BCUT2D eigenvalue weighted by molar-refractivity contribution is 5.87. The minimum absolute atomic E-state index is 0.314. The molecule has 0 unspecified atom stereocenters. The molecule has 0 bridgehead atoms. The lowest BCUT2D eigenvalue weighted by Gasteiger charge is -2.26. The van der Waals surface area contributed by atoms with Crippen molar-refractivity contribution in [3.63, 3.8) is 0 Å². The number of carbonyl (C=O) groups is 1. The van der Waals surface area contributed by atoms with Gasteiger partial charge in [-0.3, -0.25) is 0 Å². The van der Waals surface area contributed by atoms with Crippen molar-refractivity contribution in [2.75, 3.05) is 13.7 Å². The van der Waals surface area contributed by atoms with Crippen molar-refractivity contribution in [3.05, 3.63) is 23.5 Å². The Morgan fingerprint density at radius 1 is 1.69 bits per heavy atom. The van der Waals surface area contributed by atoms with Gasteiger partial charge in [-0.25, -0.2) is 4.79 Å². The molecule has 1 aliphatic rings. The Bertz CT molecular complexity index is 315. The quantitative estimate of drug-likeness (QED) is 0.663. The second kappa shape index (κ2) is 3.22. The predicted molar refractivity (Wildman–Crippen MR) is 47.5 cm³/mol. The van der Waals surface area contributed by atoms with Crippen LogP contribution in [0.5, 0.6) is 0 Å². The lowest BCUT2D eigenvalue weighted by molar-refractivity contribution is 0.0595. The molecule has 4 nitrogen and oxygen atoms in total. The molecule has 0 saturated carbocycles. The van der Waals surface area contributed by atoms with Gasteiger partial charge in [-0.2, -0.15) is 0 Å². The summed E-state index contributed by atoms with van der Waals surface area (Å²) in [7, 11) is 1.38. The third kappa shape index (κ3) is 1.45. The number of hydrogen-bond acceptors (Lipinski definition) is 3. The van der Waals surface area contributed by atoms with Gasteiger partial charge in [-0.05, 0) is 24.6 Å². The van der Waals surface area contributed by atoms with E-state index in [1.807, 2.05) is 12.3 Å². The molecule has 1 atom stereocenters. The molecule has 2 N–H and O–H groups in total. The number of H-pyrrole nitrogens is 1. The molecule has 1 saturated heterocycles. The number of methoxy groups -OCH3 is 1. The molecule has 0 aromatic carbocycles. The summed E-state index contributed by atoms with van der Waals surface area (Å²) < 4.78 is 4.59. The number of rotatable bonds is 2. The molecular weight excluding hydrogens is 168 g/mol. The standard InChI is InChI=1S/C9H12N2O2/c1-13-9(12)8-4-6(5-11-8)7-2-3-10-7/h4-5,7,10-11H,2-3H2,1H3/t7-/m0/s1. The van der Waals surface area contributed by atoms with Crippen molar-refractivity contribution in [2.45, 2.75) is 12.5 Å². The largest absolute Gasteiger partial charge is 0.464 e. The Morgan fingerprint density at radius 3 is 3.00 bits per heavy atom. The van der Waals surface area contributed by atoms with Crippen LogP contribution in [-0.2, 0) is 4.74 Å². The van der Waals surface area contributed by atoms with Crippen molar-refractivity contribution in [3.8, 4) is 0 Å². The molecule has 0 radical (unpaired) electrons. The van der Waals surface area contributed by atoms with Crippen molar-refractivity contribution >= 4 is 5.97 Å². The number of esters is 1. The van der Waals surface area contributed by atoms with Gasteiger partial charge in [0.1, 0.15) is 5.69 Å². The summed E-state index contributed by atoms with van der Waals surface area (Å²) in [6.07, 6.45) is 2.99. The van der Waals surface area contributed by atoms with E-state index in [1.54, 1.807) is 0 Å². The predicted octanol–water partition coefficient (Wildman–Crippen LogP) is 0.836. The van der Waals surface area contributed by atoms with Gasteiger partial charge in [0.25, 0.3) is 0 Å². The molecular formula is C9H12N2O2. The first-order valence-corrected chi connectivity index (χ1v) is 4.31. The normalized spacial score (nSPS) is 20.8. The van der Waals surface area contributed by atoms with Gasteiger partial charge in [0, 0.05) is 12.2 Å². The summed E-state index contributed by atoms with van der Waals surface area (Å²) in [5, 5.41) is 3.26. The molecule has 2 heterocycles. The van der Waals surface area contributed by atoms with Gasteiger partial charge in [-0.15, -0.1) is 0 Å². The fraction of sp³-hybridized carbons (Fsp3) is 0.444. The van der Waals surface area contributed by atoms with Crippen LogP contribution in [0, 0.1) is 0 Å². The molecule has 0 spiro atoms. The molecule has 70 valence electrons. The van der Waals surface area contributed by atoms with Crippen LogP contribution in [-0.4, -0.2) is 24.6 Å². The third-order valence-corrected chi connectivity index (χ3v) is 2.34. The van der Waals surface area contributed by atoms with Crippen LogP contribution in [0.4, 0.5) is 0 Å². The van der Waals surface area contributed by atoms with Gasteiger partial charge in [-0.1, -0.05) is 0 Å². The number of aromatic nitrogens is 1. The van der Waals surface area contributed by atoms with E-state index in [4.69, 9.17) is 0 Å². The van der Waals surface area contributed by atoms with Gasteiger partial charge in [0.2, 0.25) is 0 Å². The molecule has 1 aliphatic heterocycles. The number of nitrogens with one attached hydrogen (secondary N) is 2. The smallest absolute Gasteiger partial charge is 0.354 e. The molecule has 13 heavy (non-hydrogen) atoms. The lowest BCUT2D eigenvalue weighted by atomic mass is 10.0. The third-order valence-electron chi connectivity index (χ3n) is 2.34. The summed E-state index contributed by atoms with van der Waals surface area (Å²) >= 11 is 0. The van der Waals surface area contributed by atoms with Crippen LogP contribution in [0.2, 0.25) is 0 Å². The maximum atomic E-state index is 11.1. The Morgan fingerprint density at radius 2 is 2.46 bits per heavy atom. The van der Waals surface area contributed by atoms with E-state index in [1.165, 1.54) is 7.11 Å². The number of hydrogen-bond donors (Lipinski definition) is 2. The van der Waals surface area contributed by atoms with Crippen molar-refractivity contribution in [1.29, 1.82) is 0 Å². The molecule has 1 aromatic heterocycles. The van der Waals surface area contributed by atoms with Crippen molar-refractivity contribution in [2.24, 2.45) is 0 Å². The average Bonchev–Trinajstić information content (AvgIpc) is 2.49. The SMILES string of the molecule is COC(=O)c1cc([C@@H]2CCN2)c[nH]1. The van der Waals surface area contributed by atoms with E-state index in [0.29, 0.717) is 11.7 Å². The van der Waals surface area contributed by atoms with E-state index >= 15 is 0 Å². The molecule has 1 aromatic rings. The van der Waals surface area contributed by atoms with Gasteiger partial charge < -0.3 is 15.0 Å². The van der Waals surface area contributed by atoms with Gasteiger partial charge in [0.05, 0.1) is 7.11 Å². The van der Waals surface area contributed by atoms with Gasteiger partial charge >= 0.3 is 5.97 Å². The van der Waals surface area contributed by atoms with Crippen molar-refractivity contribution in [1.82, 2.24) is 10.3 Å². The van der Waals surface area contributed by atoms with Crippen LogP contribution in [0.1, 0.15) is 28.5 Å². The summed E-state index contributed by atoms with van der Waals surface area (Å²) in [6, 6.07) is 2.25. The lowest BCUT2D eigenvalue weighted by Crippen LogP contribution is -2.34. The summed E-state index contributed by atoms with van der Waals surface area (Å²) in [5.41, 5.74) is 1.65. The van der Waals surface area contributed by atoms with Crippen molar-refractivity contribution < 1.29 is 9.53 Å². The highest BCUT2D eigenvalue weighted by Crippen LogP contribution is 2.23. The first kappa shape index (κ1) is 8.31. The Balaban J connectivity index is 2.12. The average molecular weight is 180 g/mol.